The summed E-state index contributed by atoms with van der Waals surface area (Å²) in [5, 5.41) is 54.4. The summed E-state index contributed by atoms with van der Waals surface area (Å²) in [6, 6.07) is 74.8. The van der Waals surface area contributed by atoms with Crippen LogP contribution in [0, 0.1) is 13.8 Å². The van der Waals surface area contributed by atoms with Gasteiger partial charge < -0.3 is 59.4 Å². The number of hydrogen-bond donors (Lipinski definition) is 8. The highest BCUT2D eigenvalue weighted by molar-refractivity contribution is 7.17. The second-order valence-corrected chi connectivity index (χ2v) is 37.3. The molecule has 8 N–H and O–H groups in total. The largest absolute Gasteiger partial charge is 0.478 e. The molecule has 0 aliphatic rings. The Kier molecular flexibility index (Phi) is 31.1. The van der Waals surface area contributed by atoms with E-state index >= 15 is 0 Å². The third-order valence-corrected chi connectivity index (χ3v) is 27.6. The van der Waals surface area contributed by atoms with Crippen LogP contribution in [-0.4, -0.2) is 84.2 Å². The molecule has 0 radical (unpaired) electrons. The maximum Gasteiger partial charge on any atom is 0.335 e. The minimum Gasteiger partial charge on any atom is -0.478 e. The fourth-order valence-corrected chi connectivity index (χ4v) is 19.4. The second-order valence-electron chi connectivity index (χ2n) is 32.9. The topological polar surface area (TPSA) is 353 Å². The molecular weight excluding hydrogens is 1880 g/mol. The third kappa shape index (κ3) is 23.5. The van der Waals surface area contributed by atoms with Crippen LogP contribution in [0.2, 0.25) is 0 Å². The molecule has 0 fully saturated rings. The standard InChI is InChI=1S/C30H25N3O3S.C29H23N3O3S.C29H25N3O3S.C28H23N3O3S/c1-3-7-24-25(4-2)32-29(33-28(24)31-21-13-10-19(11-14-21)30(34)35)27-17-16-22(37-27)15-12-20-18-36-26-9-6-5-8-23(20)26;1-3-6-23-18(2)30-28(32-27(23)31-21-12-9-19(10-13-21)29(33)34)26-16-15-22(36-26)14-11-20-17-35-25-8-5-4-7-24(20)25;1-3-22-24(4-2)31-28(32-27(22)30-20-12-9-18(10-13-20)29(33)34)26-16-15-21(36-26)14-11-19-17-35-25-8-6-5-7-23(19)25;1-3-22-17(2)29-27(31-26(22)30-20-11-8-18(9-12-20)28(32)33)25-15-14-21(35-25)13-10-19-16-34-24-7-5-4-6-23(19)24/h3,5-6,8-18H,1,4,7H2,2H3,(H,34,35)(H,31,32,33);3-5,7-17H,1,6H2,2H3,(H,33,34)(H,30,31,32);5-17H,3-4H2,1-2H3,(H,33,34)(H,30,31,32);4-16H,3H2,1-2H3,(H,32,33)(H,29,30,31)/b15-12+;2*14-11+;13-10+. The van der Waals surface area contributed by atoms with E-state index in [4.69, 9.17) is 72.9 Å². The molecule has 0 atom stereocenters. The zero-order valence-corrected chi connectivity index (χ0v) is 82.4. The first kappa shape index (κ1) is 98.2. The molecule has 0 spiro atoms. The van der Waals surface area contributed by atoms with Crippen LogP contribution < -0.4 is 21.3 Å². The van der Waals surface area contributed by atoms with Gasteiger partial charge in [0.25, 0.3) is 0 Å². The number of fused-ring (bicyclic) bond motifs is 4. The van der Waals surface area contributed by atoms with Crippen molar-refractivity contribution in [1.29, 1.82) is 0 Å². The van der Waals surface area contributed by atoms with E-state index in [1.165, 1.54) is 0 Å². The summed E-state index contributed by atoms with van der Waals surface area (Å²) in [7, 11) is 0. The van der Waals surface area contributed by atoms with Gasteiger partial charge in [-0.15, -0.1) is 58.5 Å². The van der Waals surface area contributed by atoms with Gasteiger partial charge in [-0.05, 0) is 271 Å². The van der Waals surface area contributed by atoms with Crippen LogP contribution in [0.15, 0.2) is 311 Å². The lowest BCUT2D eigenvalue weighted by atomic mass is 10.1. The van der Waals surface area contributed by atoms with E-state index in [0.717, 1.165) is 210 Å². The number of aromatic carboxylic acids is 4. The molecule has 20 rings (SSSR count). The molecule has 0 amide bonds. The van der Waals surface area contributed by atoms with Crippen LogP contribution in [-0.2, 0) is 38.5 Å². The van der Waals surface area contributed by atoms with Crippen LogP contribution in [0.3, 0.4) is 0 Å². The molecule has 12 heterocycles. The SMILES string of the molecule is C=CCc1c(C)nc(-c2ccc(/C=C/c3coc4ccccc34)s2)nc1Nc1ccc(C(=O)O)cc1.C=CCc1c(CC)nc(-c2ccc(/C=C/c3coc4ccccc34)s2)nc1Nc1ccc(C(=O)O)cc1.CCc1c(C)nc(-c2ccc(/C=C/c3coc4ccccc34)s2)nc1Nc1ccc(C(=O)O)cc1.CCc1nc(-c2ccc(/C=C/c3coc4ccccc34)s2)nc(Nc2ccc(C(=O)O)cc2)c1CC. The van der Waals surface area contributed by atoms with E-state index in [0.29, 0.717) is 47.8 Å². The Bertz CT molecular complexity index is 8240. The van der Waals surface area contributed by atoms with Crippen molar-refractivity contribution < 1.29 is 57.3 Å². The number of hydrogen-bond acceptors (Lipinski definition) is 24. The van der Waals surface area contributed by atoms with Crippen LogP contribution in [0.25, 0.3) is 135 Å². The number of rotatable bonds is 32. The molecule has 28 heteroatoms. The Morgan fingerprint density at radius 1 is 0.292 bits per heavy atom. The average Bonchev–Trinajstić information content (AvgIpc) is 1.20. The normalized spacial score (nSPS) is 11.3. The number of aromatic nitrogens is 8. The molecule has 716 valence electrons. The Hall–Kier alpha value is -17.4. The summed E-state index contributed by atoms with van der Waals surface area (Å²) in [6.45, 7) is 20.0. The van der Waals surface area contributed by atoms with Gasteiger partial charge in [-0.3, -0.25) is 0 Å². The van der Waals surface area contributed by atoms with Crippen LogP contribution in [0.4, 0.5) is 46.0 Å². The highest BCUT2D eigenvalue weighted by atomic mass is 32.1. The van der Waals surface area contributed by atoms with E-state index < -0.39 is 23.9 Å². The van der Waals surface area contributed by atoms with Crippen molar-refractivity contribution in [2.45, 2.75) is 80.1 Å². The fraction of sp³-hybridized carbons (Fsp3) is 0.103. The monoisotopic (exact) mass is 1980 g/mol. The van der Waals surface area contributed by atoms with Gasteiger partial charge in [0.15, 0.2) is 23.3 Å². The first-order valence-electron chi connectivity index (χ1n) is 46.3. The summed E-state index contributed by atoms with van der Waals surface area (Å²) in [5.41, 5.74) is 19.4. The van der Waals surface area contributed by atoms with E-state index in [1.54, 1.807) is 167 Å². The van der Waals surface area contributed by atoms with Crippen molar-refractivity contribution in [3.8, 4) is 42.8 Å². The predicted molar refractivity (Wildman–Crippen MR) is 583 cm³/mol. The van der Waals surface area contributed by atoms with Crippen molar-refractivity contribution >= 4 is 208 Å². The summed E-state index contributed by atoms with van der Waals surface area (Å²) in [5.74, 6) is 1.64. The van der Waals surface area contributed by atoms with Crippen molar-refractivity contribution in [3.05, 3.63) is 402 Å². The smallest absolute Gasteiger partial charge is 0.335 e. The van der Waals surface area contributed by atoms with Gasteiger partial charge in [0.1, 0.15) is 45.6 Å². The number of thiophene rings is 4. The molecule has 0 saturated carbocycles. The molecule has 0 aliphatic carbocycles. The summed E-state index contributed by atoms with van der Waals surface area (Å²) < 4.78 is 22.5. The molecule has 0 bridgehead atoms. The van der Waals surface area contributed by atoms with E-state index in [-0.39, 0.29) is 22.3 Å². The number of carboxylic acids is 4. The number of para-hydroxylation sites is 4. The van der Waals surface area contributed by atoms with Crippen molar-refractivity contribution in [2.24, 2.45) is 0 Å². The van der Waals surface area contributed by atoms with Crippen LogP contribution >= 0.6 is 45.3 Å². The van der Waals surface area contributed by atoms with Crippen LogP contribution in [0.5, 0.6) is 0 Å². The van der Waals surface area contributed by atoms with Crippen molar-refractivity contribution in [3.63, 3.8) is 0 Å². The van der Waals surface area contributed by atoms with Gasteiger partial charge in [-0.1, -0.05) is 113 Å². The minimum absolute atomic E-state index is 0.231. The van der Waals surface area contributed by atoms with Gasteiger partial charge >= 0.3 is 23.9 Å². The Labute approximate surface area is 845 Å². The maximum atomic E-state index is 11.2. The number of benzene rings is 8. The first-order chi connectivity index (χ1) is 70.1. The van der Waals surface area contributed by atoms with E-state index in [1.807, 2.05) is 147 Å². The summed E-state index contributed by atoms with van der Waals surface area (Å²) in [6.07, 6.45) is 31.6. The predicted octanol–water partition coefficient (Wildman–Crippen LogP) is 30.6. The highest BCUT2D eigenvalue weighted by Crippen LogP contribution is 2.40. The van der Waals surface area contributed by atoms with E-state index in [9.17, 15) is 24.3 Å². The summed E-state index contributed by atoms with van der Waals surface area (Å²) >= 11 is 6.47. The molecule has 0 unspecified atom stereocenters. The first-order valence-corrected chi connectivity index (χ1v) is 49.6. The zero-order valence-electron chi connectivity index (χ0n) is 79.1. The molecule has 144 heavy (non-hydrogen) atoms. The summed E-state index contributed by atoms with van der Waals surface area (Å²) in [4.78, 5) is 91.6. The minimum atomic E-state index is -0.961. The molecule has 20 aromatic rings. The zero-order chi connectivity index (χ0) is 100. The molecule has 8 aromatic carbocycles. The van der Waals surface area contributed by atoms with Gasteiger partial charge in [-0.25, -0.2) is 59.0 Å². The lowest BCUT2D eigenvalue weighted by Gasteiger charge is -2.15. The number of carboxylic acid groups (broad SMARTS) is 4. The van der Waals surface area contributed by atoms with Gasteiger partial charge in [-0.2, -0.15) is 0 Å². The van der Waals surface area contributed by atoms with E-state index in [2.05, 4.69) is 135 Å². The lowest BCUT2D eigenvalue weighted by Crippen LogP contribution is -2.07. The highest BCUT2D eigenvalue weighted by Gasteiger charge is 2.23. The number of allylic oxidation sites excluding steroid dienone is 2. The maximum absolute atomic E-state index is 11.2. The molecule has 0 saturated heterocycles. The van der Waals surface area contributed by atoms with Gasteiger partial charge in [0.2, 0.25) is 0 Å². The molecular formula is C116H96N12O12S4. The number of furan rings is 4. The van der Waals surface area contributed by atoms with Crippen molar-refractivity contribution in [1.82, 2.24) is 39.9 Å². The molecule has 12 aromatic heterocycles. The number of aryl methyl sites for hydroxylation is 4. The van der Waals surface area contributed by atoms with Crippen LogP contribution in [0.1, 0.15) is 156 Å². The fourth-order valence-electron chi connectivity index (χ4n) is 16.0. The number of anilines is 8. The Balaban J connectivity index is 0.000000132. The quantitative estimate of drug-likeness (QED) is 0.0182. The third-order valence-electron chi connectivity index (χ3n) is 23.4. The second kappa shape index (κ2) is 45.7. The van der Waals surface area contributed by atoms with Gasteiger partial charge in [0.05, 0.1) is 66.8 Å². The van der Waals surface area contributed by atoms with Crippen molar-refractivity contribution in [2.75, 3.05) is 21.3 Å². The molecule has 0 aliphatic heterocycles. The molecule has 24 nitrogen and oxygen atoms in total. The van der Waals surface area contributed by atoms with Gasteiger partial charge in [0, 0.05) is 131 Å². The average molecular weight is 1980 g/mol. The lowest BCUT2D eigenvalue weighted by molar-refractivity contribution is 0.0686. The number of carbonyl (C=O) groups is 4. The number of nitrogens with zero attached hydrogens (tertiary/aromatic N) is 8. The number of nitrogens with one attached hydrogen (secondary N) is 4. The Morgan fingerprint density at radius 2 is 0.542 bits per heavy atom. The Morgan fingerprint density at radius 3 is 0.819 bits per heavy atom.